The molecule has 4 aromatic rings. The number of carbonyl (C=O) groups is 1. The Morgan fingerprint density at radius 3 is 2.88 bits per heavy atom. The van der Waals surface area contributed by atoms with Gasteiger partial charge in [-0.05, 0) is 36.6 Å². The van der Waals surface area contributed by atoms with E-state index in [1.54, 1.807) is 0 Å². The molecule has 2 aromatic heterocycles. The summed E-state index contributed by atoms with van der Waals surface area (Å²) in [4.78, 5) is 39.3. The molecule has 1 aliphatic heterocycles. The van der Waals surface area contributed by atoms with Gasteiger partial charge in [0.05, 0.1) is 5.56 Å². The number of nitrogens with zero attached hydrogens (tertiary/aromatic N) is 3. The quantitative estimate of drug-likeness (QED) is 0.445. The van der Waals surface area contributed by atoms with Gasteiger partial charge in [-0.15, -0.1) is 0 Å². The van der Waals surface area contributed by atoms with E-state index in [9.17, 15) is 14.0 Å². The van der Waals surface area contributed by atoms with Crippen molar-refractivity contribution in [1.29, 1.82) is 0 Å². The maximum Gasteiger partial charge on any atom is 0.278 e. The van der Waals surface area contributed by atoms with Gasteiger partial charge in [-0.3, -0.25) is 9.59 Å². The summed E-state index contributed by atoms with van der Waals surface area (Å²) < 4.78 is 14.3. The molecular weight excluding hydrogens is 465 g/mol. The van der Waals surface area contributed by atoms with Gasteiger partial charge in [-0.1, -0.05) is 53.3 Å². The second kappa shape index (κ2) is 8.92. The number of H-pyrrole nitrogens is 1. The highest BCUT2D eigenvalue weighted by molar-refractivity contribution is 7.21. The first-order chi connectivity index (χ1) is 16.0. The van der Waals surface area contributed by atoms with Gasteiger partial charge in [0.1, 0.15) is 17.7 Å². The Morgan fingerprint density at radius 1 is 1.24 bits per heavy atom. The van der Waals surface area contributed by atoms with E-state index in [1.165, 1.54) is 29.5 Å². The summed E-state index contributed by atoms with van der Waals surface area (Å²) in [7, 11) is 0. The lowest BCUT2D eigenvalue weighted by atomic mass is 10.2. The molecule has 3 heterocycles. The minimum atomic E-state index is -0.540. The van der Waals surface area contributed by atoms with Gasteiger partial charge in [0.2, 0.25) is 5.91 Å². The average Bonchev–Trinajstić information content (AvgIpc) is 3.47. The number of thiazole rings is 1. The maximum atomic E-state index is 14.3. The largest absolute Gasteiger partial charge is 0.350 e. The lowest BCUT2D eigenvalue weighted by Gasteiger charge is -2.23. The molecule has 2 aromatic carbocycles. The molecule has 5 rings (SSSR count). The molecule has 0 unspecified atom stereocenters. The van der Waals surface area contributed by atoms with Gasteiger partial charge < -0.3 is 15.2 Å². The number of fused-ring (bicyclic) bond motifs is 1. The Balaban J connectivity index is 1.42. The van der Waals surface area contributed by atoms with Crippen LogP contribution < -0.4 is 15.8 Å². The number of amides is 1. The van der Waals surface area contributed by atoms with Crippen molar-refractivity contribution in [2.45, 2.75) is 25.4 Å². The second-order valence-electron chi connectivity index (χ2n) is 7.74. The molecular formula is C23H19ClFN5O2S. The van der Waals surface area contributed by atoms with Gasteiger partial charge in [0.15, 0.2) is 15.5 Å². The fraction of sp³-hybridized carbons (Fsp3) is 0.217. The van der Waals surface area contributed by atoms with Crippen LogP contribution in [0.5, 0.6) is 0 Å². The molecule has 1 aliphatic rings. The van der Waals surface area contributed by atoms with Crippen molar-refractivity contribution in [3.8, 4) is 11.4 Å². The Labute approximate surface area is 197 Å². The highest BCUT2D eigenvalue weighted by atomic mass is 35.5. The maximum absolute atomic E-state index is 14.3. The van der Waals surface area contributed by atoms with E-state index in [-0.39, 0.29) is 28.9 Å². The minimum absolute atomic E-state index is 0.0841. The zero-order valence-corrected chi connectivity index (χ0v) is 18.9. The predicted molar refractivity (Wildman–Crippen MR) is 127 cm³/mol. The molecule has 7 nitrogen and oxygen atoms in total. The number of halogens is 2. The number of hydrogen-bond acceptors (Lipinski definition) is 6. The number of hydrogen-bond donors (Lipinski definition) is 2. The molecule has 33 heavy (non-hydrogen) atoms. The lowest BCUT2D eigenvalue weighted by molar-refractivity contribution is -0.122. The van der Waals surface area contributed by atoms with Crippen LogP contribution in [0.1, 0.15) is 18.4 Å². The summed E-state index contributed by atoms with van der Waals surface area (Å²) in [5.74, 6) is -0.540. The molecule has 0 spiro atoms. The summed E-state index contributed by atoms with van der Waals surface area (Å²) in [6, 6.07) is 13.4. The van der Waals surface area contributed by atoms with Crippen LogP contribution in [0.4, 0.5) is 9.52 Å². The molecule has 1 fully saturated rings. The third kappa shape index (κ3) is 4.34. The fourth-order valence-corrected chi connectivity index (χ4v) is 5.11. The van der Waals surface area contributed by atoms with Crippen molar-refractivity contribution < 1.29 is 9.18 Å². The standard InChI is InChI=1S/C23H19ClFN5O2S/c24-14-8-9-16(25)15(11-14)19-28-21(32)18-22(29-19)33-23(27-18)30-10-4-7-17(30)20(31)26-12-13-5-2-1-3-6-13/h1-3,5-6,8-9,11,17H,4,7,10,12H2,(H,26,31)(H,28,29,32)/t17-/m1/s1. The number of nitrogens with one attached hydrogen (secondary N) is 2. The molecule has 0 saturated carbocycles. The van der Waals surface area contributed by atoms with Crippen molar-refractivity contribution in [2.75, 3.05) is 11.4 Å². The zero-order valence-electron chi connectivity index (χ0n) is 17.3. The fourth-order valence-electron chi connectivity index (χ4n) is 3.92. The summed E-state index contributed by atoms with van der Waals surface area (Å²) in [5.41, 5.74) is 0.820. The first-order valence-corrected chi connectivity index (χ1v) is 11.6. The summed E-state index contributed by atoms with van der Waals surface area (Å²) >= 11 is 7.20. The molecule has 10 heteroatoms. The van der Waals surface area contributed by atoms with E-state index in [4.69, 9.17) is 11.6 Å². The number of aromatic nitrogens is 3. The molecule has 0 radical (unpaired) electrons. The molecule has 0 bridgehead atoms. The van der Waals surface area contributed by atoms with Gasteiger partial charge in [-0.25, -0.2) is 14.4 Å². The normalized spacial score (nSPS) is 15.8. The summed E-state index contributed by atoms with van der Waals surface area (Å²) in [6.07, 6.45) is 1.53. The van der Waals surface area contributed by atoms with E-state index in [2.05, 4.69) is 20.3 Å². The van der Waals surface area contributed by atoms with Crippen LogP contribution in [0.15, 0.2) is 53.3 Å². The smallest absolute Gasteiger partial charge is 0.278 e. The van der Waals surface area contributed by atoms with E-state index in [0.717, 1.165) is 12.0 Å². The topological polar surface area (TPSA) is 91.0 Å². The Hall–Kier alpha value is -3.30. The van der Waals surface area contributed by atoms with Crippen molar-refractivity contribution in [1.82, 2.24) is 20.3 Å². The predicted octanol–water partition coefficient (Wildman–Crippen LogP) is 4.12. The van der Waals surface area contributed by atoms with Crippen molar-refractivity contribution in [3.63, 3.8) is 0 Å². The van der Waals surface area contributed by atoms with Gasteiger partial charge >= 0.3 is 0 Å². The molecule has 1 amide bonds. The first kappa shape index (κ1) is 21.5. The van der Waals surface area contributed by atoms with Crippen LogP contribution in [-0.2, 0) is 11.3 Å². The monoisotopic (exact) mass is 483 g/mol. The molecule has 0 aliphatic carbocycles. The molecule has 2 N–H and O–H groups in total. The number of benzene rings is 2. The van der Waals surface area contributed by atoms with Crippen molar-refractivity contribution in [3.05, 3.63) is 75.3 Å². The molecule has 168 valence electrons. The summed E-state index contributed by atoms with van der Waals surface area (Å²) in [6.45, 7) is 1.09. The third-order valence-electron chi connectivity index (χ3n) is 5.55. The van der Waals surface area contributed by atoms with Crippen LogP contribution in [0, 0.1) is 5.82 Å². The zero-order chi connectivity index (χ0) is 22.9. The minimum Gasteiger partial charge on any atom is -0.350 e. The van der Waals surface area contributed by atoms with E-state index in [0.29, 0.717) is 34.5 Å². The van der Waals surface area contributed by atoms with Crippen molar-refractivity contribution in [2.24, 2.45) is 0 Å². The Bertz CT molecular complexity index is 1390. The lowest BCUT2D eigenvalue weighted by Crippen LogP contribution is -2.43. The van der Waals surface area contributed by atoms with E-state index >= 15 is 0 Å². The van der Waals surface area contributed by atoms with E-state index in [1.807, 2.05) is 35.2 Å². The third-order valence-corrected chi connectivity index (χ3v) is 6.77. The number of carbonyl (C=O) groups excluding carboxylic acids is 1. The number of anilines is 1. The van der Waals surface area contributed by atoms with Crippen LogP contribution in [0.3, 0.4) is 0 Å². The highest BCUT2D eigenvalue weighted by Crippen LogP contribution is 2.32. The SMILES string of the molecule is O=C(NCc1ccccc1)[C@H]1CCCN1c1nc2c(=O)[nH]c(-c3cc(Cl)ccc3F)nc2s1. The van der Waals surface area contributed by atoms with Gasteiger partial charge in [0.25, 0.3) is 5.56 Å². The highest BCUT2D eigenvalue weighted by Gasteiger charge is 2.33. The second-order valence-corrected chi connectivity index (χ2v) is 9.14. The first-order valence-electron chi connectivity index (χ1n) is 10.4. The van der Waals surface area contributed by atoms with Crippen LogP contribution in [0.25, 0.3) is 21.7 Å². The van der Waals surface area contributed by atoms with Crippen LogP contribution in [-0.4, -0.2) is 33.4 Å². The number of rotatable bonds is 5. The Morgan fingerprint density at radius 2 is 2.06 bits per heavy atom. The van der Waals surface area contributed by atoms with Crippen molar-refractivity contribution >= 4 is 44.3 Å². The van der Waals surface area contributed by atoms with Gasteiger partial charge in [-0.2, -0.15) is 0 Å². The number of aromatic amines is 1. The van der Waals surface area contributed by atoms with Gasteiger partial charge in [0, 0.05) is 18.1 Å². The Kier molecular flexibility index (Phi) is 5.82. The van der Waals surface area contributed by atoms with Crippen LogP contribution in [0.2, 0.25) is 5.02 Å². The van der Waals surface area contributed by atoms with E-state index < -0.39 is 11.4 Å². The van der Waals surface area contributed by atoms with Crippen LogP contribution >= 0.6 is 22.9 Å². The summed E-state index contributed by atoms with van der Waals surface area (Å²) in [5, 5.41) is 3.87. The average molecular weight is 484 g/mol. The molecule has 1 atom stereocenters. The molecule has 1 saturated heterocycles.